The van der Waals surface area contributed by atoms with E-state index in [4.69, 9.17) is 4.74 Å². The Hall–Kier alpha value is -1.55. The SMILES string of the molecule is CC[NH+](CC)CCOc1ccccc1CCC(=O)[O-]. The van der Waals surface area contributed by atoms with E-state index in [-0.39, 0.29) is 6.42 Å². The van der Waals surface area contributed by atoms with Crippen molar-refractivity contribution in [2.75, 3.05) is 26.2 Å². The number of aryl methyl sites for hydroxylation is 1. The fourth-order valence-electron chi connectivity index (χ4n) is 2.00. The van der Waals surface area contributed by atoms with Crippen molar-refractivity contribution in [1.29, 1.82) is 0 Å². The van der Waals surface area contributed by atoms with Crippen LogP contribution in [-0.2, 0) is 11.2 Å². The van der Waals surface area contributed by atoms with Crippen LogP contribution in [0.4, 0.5) is 0 Å². The van der Waals surface area contributed by atoms with E-state index >= 15 is 0 Å². The summed E-state index contributed by atoms with van der Waals surface area (Å²) in [7, 11) is 0. The quantitative estimate of drug-likeness (QED) is 0.665. The van der Waals surface area contributed by atoms with Gasteiger partial charge < -0.3 is 19.5 Å². The summed E-state index contributed by atoms with van der Waals surface area (Å²) in [6, 6.07) is 7.60. The predicted molar refractivity (Wildman–Crippen MR) is 72.2 cm³/mol. The van der Waals surface area contributed by atoms with Gasteiger partial charge in [-0.05, 0) is 38.3 Å². The number of carbonyl (C=O) groups is 1. The molecule has 0 aliphatic heterocycles. The lowest BCUT2D eigenvalue weighted by molar-refractivity contribution is -0.896. The van der Waals surface area contributed by atoms with Gasteiger partial charge in [-0.25, -0.2) is 0 Å². The topological polar surface area (TPSA) is 53.8 Å². The summed E-state index contributed by atoms with van der Waals surface area (Å²) in [6.07, 6.45) is 0.484. The molecule has 0 amide bonds. The molecule has 0 aliphatic carbocycles. The summed E-state index contributed by atoms with van der Waals surface area (Å²) >= 11 is 0. The van der Waals surface area contributed by atoms with Crippen LogP contribution in [-0.4, -0.2) is 32.2 Å². The number of carboxylic acids is 1. The van der Waals surface area contributed by atoms with Gasteiger partial charge in [0.05, 0.1) is 13.1 Å². The fraction of sp³-hybridized carbons (Fsp3) is 0.533. The van der Waals surface area contributed by atoms with E-state index in [0.29, 0.717) is 13.0 Å². The van der Waals surface area contributed by atoms with Crippen LogP contribution in [0.25, 0.3) is 0 Å². The van der Waals surface area contributed by atoms with Gasteiger partial charge in [-0.15, -0.1) is 0 Å². The van der Waals surface area contributed by atoms with Crippen molar-refractivity contribution in [3.63, 3.8) is 0 Å². The number of nitrogens with one attached hydrogen (secondary N) is 1. The van der Waals surface area contributed by atoms with Crippen molar-refractivity contribution in [3.8, 4) is 5.75 Å². The standard InChI is InChI=1S/C15H23NO3/c1-3-16(4-2)11-12-19-14-8-6-5-7-13(14)9-10-15(17)18/h5-8H,3-4,9-12H2,1-2H3,(H,17,18). The minimum Gasteiger partial charge on any atom is -0.550 e. The van der Waals surface area contributed by atoms with Crippen molar-refractivity contribution in [2.24, 2.45) is 0 Å². The molecule has 1 N–H and O–H groups in total. The van der Waals surface area contributed by atoms with E-state index < -0.39 is 5.97 Å². The molecule has 0 saturated heterocycles. The maximum absolute atomic E-state index is 10.5. The first-order valence-corrected chi connectivity index (χ1v) is 6.91. The lowest BCUT2D eigenvalue weighted by Gasteiger charge is -2.17. The Bertz CT molecular complexity index is 389. The molecule has 0 radical (unpaired) electrons. The van der Waals surface area contributed by atoms with Gasteiger partial charge >= 0.3 is 0 Å². The number of rotatable bonds is 9. The van der Waals surface area contributed by atoms with Crippen molar-refractivity contribution < 1.29 is 19.5 Å². The second kappa shape index (κ2) is 8.53. The highest BCUT2D eigenvalue weighted by atomic mass is 16.5. The zero-order valence-corrected chi connectivity index (χ0v) is 11.8. The van der Waals surface area contributed by atoms with Gasteiger partial charge in [0.25, 0.3) is 0 Å². The minimum absolute atomic E-state index is 0.0294. The highest BCUT2D eigenvalue weighted by Gasteiger charge is 2.06. The van der Waals surface area contributed by atoms with E-state index in [1.165, 1.54) is 4.90 Å². The molecule has 106 valence electrons. The van der Waals surface area contributed by atoms with Crippen molar-refractivity contribution >= 4 is 5.97 Å². The largest absolute Gasteiger partial charge is 0.550 e. The molecule has 0 saturated carbocycles. The molecule has 0 aromatic heterocycles. The number of likely N-dealkylation sites (N-methyl/N-ethyl adjacent to an activating group) is 1. The molecule has 0 heterocycles. The van der Waals surface area contributed by atoms with Crippen LogP contribution in [0, 0.1) is 0 Å². The number of para-hydroxylation sites is 1. The average molecular weight is 265 g/mol. The van der Waals surface area contributed by atoms with Gasteiger partial charge in [0, 0.05) is 5.97 Å². The van der Waals surface area contributed by atoms with Gasteiger partial charge in [-0.3, -0.25) is 0 Å². The molecule has 1 rings (SSSR count). The first-order chi connectivity index (χ1) is 9.17. The van der Waals surface area contributed by atoms with Crippen molar-refractivity contribution in [1.82, 2.24) is 0 Å². The van der Waals surface area contributed by atoms with E-state index in [0.717, 1.165) is 30.9 Å². The van der Waals surface area contributed by atoms with E-state index in [9.17, 15) is 9.90 Å². The zero-order valence-electron chi connectivity index (χ0n) is 11.8. The molecule has 4 nitrogen and oxygen atoms in total. The third-order valence-electron chi connectivity index (χ3n) is 3.28. The van der Waals surface area contributed by atoms with Gasteiger partial charge in [0.1, 0.15) is 18.9 Å². The Labute approximate surface area is 115 Å². The lowest BCUT2D eigenvalue weighted by Crippen LogP contribution is -3.12. The number of benzene rings is 1. The highest BCUT2D eigenvalue weighted by Crippen LogP contribution is 2.19. The Morgan fingerprint density at radius 1 is 1.26 bits per heavy atom. The Morgan fingerprint density at radius 2 is 1.95 bits per heavy atom. The number of carbonyl (C=O) groups excluding carboxylic acids is 1. The third-order valence-corrected chi connectivity index (χ3v) is 3.28. The van der Waals surface area contributed by atoms with Gasteiger partial charge in [-0.2, -0.15) is 0 Å². The Morgan fingerprint density at radius 3 is 2.58 bits per heavy atom. The number of hydrogen-bond donors (Lipinski definition) is 1. The van der Waals surface area contributed by atoms with Crippen LogP contribution < -0.4 is 14.7 Å². The van der Waals surface area contributed by atoms with Crippen LogP contribution in [0.1, 0.15) is 25.8 Å². The lowest BCUT2D eigenvalue weighted by atomic mass is 10.1. The van der Waals surface area contributed by atoms with Crippen LogP contribution in [0.3, 0.4) is 0 Å². The second-order valence-electron chi connectivity index (χ2n) is 4.54. The number of ether oxygens (including phenoxy) is 1. The summed E-state index contributed by atoms with van der Waals surface area (Å²) in [4.78, 5) is 12.0. The van der Waals surface area contributed by atoms with Crippen LogP contribution in [0.5, 0.6) is 5.75 Å². The summed E-state index contributed by atoms with van der Waals surface area (Å²) < 4.78 is 5.77. The maximum Gasteiger partial charge on any atom is 0.137 e. The molecular weight excluding hydrogens is 242 g/mol. The first-order valence-electron chi connectivity index (χ1n) is 6.91. The molecule has 0 fully saturated rings. The third kappa shape index (κ3) is 5.75. The van der Waals surface area contributed by atoms with E-state index in [2.05, 4.69) is 13.8 Å². The zero-order chi connectivity index (χ0) is 14.1. The summed E-state index contributed by atoms with van der Waals surface area (Å²) in [5.74, 6) is -0.238. The number of quaternary nitrogens is 1. The fourth-order valence-corrected chi connectivity index (χ4v) is 2.00. The van der Waals surface area contributed by atoms with E-state index in [1.807, 2.05) is 24.3 Å². The molecule has 19 heavy (non-hydrogen) atoms. The van der Waals surface area contributed by atoms with Crippen LogP contribution in [0.15, 0.2) is 24.3 Å². The van der Waals surface area contributed by atoms with Crippen molar-refractivity contribution in [2.45, 2.75) is 26.7 Å². The molecule has 1 aromatic rings. The molecular formula is C15H23NO3. The second-order valence-corrected chi connectivity index (χ2v) is 4.54. The molecule has 0 spiro atoms. The molecule has 0 aliphatic rings. The summed E-state index contributed by atoms with van der Waals surface area (Å²) in [5, 5.41) is 10.5. The first kappa shape index (κ1) is 15.5. The number of hydrogen-bond acceptors (Lipinski definition) is 3. The molecule has 0 atom stereocenters. The van der Waals surface area contributed by atoms with Crippen LogP contribution in [0.2, 0.25) is 0 Å². The van der Waals surface area contributed by atoms with E-state index in [1.54, 1.807) is 0 Å². The van der Waals surface area contributed by atoms with Crippen LogP contribution >= 0.6 is 0 Å². The highest BCUT2D eigenvalue weighted by molar-refractivity contribution is 5.64. The summed E-state index contributed by atoms with van der Waals surface area (Å²) in [5.41, 5.74) is 0.932. The van der Waals surface area contributed by atoms with Crippen molar-refractivity contribution in [3.05, 3.63) is 29.8 Å². The predicted octanol–water partition coefficient (Wildman–Crippen LogP) is -0.327. The smallest absolute Gasteiger partial charge is 0.137 e. The van der Waals surface area contributed by atoms with Gasteiger partial charge in [-0.1, -0.05) is 18.2 Å². The molecule has 0 bridgehead atoms. The molecule has 1 aromatic carbocycles. The average Bonchev–Trinajstić information content (AvgIpc) is 2.42. The Kier molecular flexibility index (Phi) is 6.97. The van der Waals surface area contributed by atoms with Gasteiger partial charge in [0.15, 0.2) is 0 Å². The minimum atomic E-state index is -1.03. The summed E-state index contributed by atoms with van der Waals surface area (Å²) in [6.45, 7) is 8.11. The monoisotopic (exact) mass is 265 g/mol. The number of aliphatic carboxylic acids is 1. The van der Waals surface area contributed by atoms with Gasteiger partial charge in [0.2, 0.25) is 0 Å². The number of carboxylic acid groups (broad SMARTS) is 1. The molecule has 0 unspecified atom stereocenters. The maximum atomic E-state index is 10.5. The normalized spacial score (nSPS) is 10.7. The molecule has 4 heteroatoms. The Balaban J connectivity index is 2.50.